The monoisotopic (exact) mass is 735 g/mol. The fraction of sp³-hybridized carbons (Fsp3) is 0.476. The van der Waals surface area contributed by atoms with Crippen molar-refractivity contribution < 1.29 is 33.8 Å². The molecule has 4 aliphatic rings. The summed E-state index contributed by atoms with van der Waals surface area (Å²) in [5.74, 6) is -4.46. The predicted molar refractivity (Wildman–Crippen MR) is 200 cm³/mol. The highest BCUT2D eigenvalue weighted by Crippen LogP contribution is 2.46. The van der Waals surface area contributed by atoms with E-state index in [1.165, 1.54) is 0 Å². The molecule has 3 amide bonds. The summed E-state index contributed by atoms with van der Waals surface area (Å²) in [6.07, 6.45) is 7.64. The van der Waals surface area contributed by atoms with Crippen molar-refractivity contribution in [3.05, 3.63) is 84.6 Å². The summed E-state index contributed by atoms with van der Waals surface area (Å²) in [5.41, 5.74) is 0.419. The first kappa shape index (κ1) is 37.1. The molecule has 3 aliphatic heterocycles. The van der Waals surface area contributed by atoms with E-state index in [1.807, 2.05) is 72.8 Å². The van der Waals surface area contributed by atoms with Crippen LogP contribution in [0.15, 0.2) is 78.9 Å². The molecular formula is C42H49N5O7. The molecule has 2 N–H and O–H groups in total. The number of aliphatic carboxylic acids is 1. The topological polar surface area (TPSA) is 151 Å². The smallest absolute Gasteiger partial charge is 0.330 e. The summed E-state index contributed by atoms with van der Waals surface area (Å²) in [6.45, 7) is 6.03. The summed E-state index contributed by atoms with van der Waals surface area (Å²) in [4.78, 5) is 72.4. The molecule has 4 heterocycles. The second-order valence-corrected chi connectivity index (χ2v) is 16.2. The predicted octanol–water partition coefficient (Wildman–Crippen LogP) is 5.27. The van der Waals surface area contributed by atoms with Crippen molar-refractivity contribution in [2.24, 2.45) is 23.7 Å². The molecule has 1 saturated carbocycles. The lowest BCUT2D eigenvalue weighted by Gasteiger charge is -2.32. The van der Waals surface area contributed by atoms with Gasteiger partial charge in [-0.05, 0) is 64.7 Å². The Morgan fingerprint density at radius 2 is 1.69 bits per heavy atom. The standard InChI is InChI=1S/C42H49N5O7/c1-41(2,3)54-35(48)21-28-17-9-5-4-6-12-18-30-23-42(30,40(52)53)43-37(49)36-32-26-45(24-29(32)25-46(36)38(28)50)39(51)34-22-33(27-15-10-7-11-16-27)44-47(34)31-19-13-8-14-20-31/h7-8,10-16,18-20,22,28-30,32,36H,4-6,9,17,21,23-26H2,1-3H3,(H,43,49)(H,52,53)/b18-12-/t28-,29-,30+,32-,36-,42+/m0/s1. The number of esters is 1. The molecule has 0 spiro atoms. The Morgan fingerprint density at radius 1 is 0.963 bits per heavy atom. The number of carboxylic acid groups (broad SMARTS) is 1. The van der Waals surface area contributed by atoms with E-state index in [1.54, 1.807) is 41.3 Å². The number of carbonyl (C=O) groups excluding carboxylic acids is 4. The Hall–Kier alpha value is -5.26. The normalized spacial score (nSPS) is 27.8. The van der Waals surface area contributed by atoms with E-state index < -0.39 is 46.9 Å². The van der Waals surface area contributed by atoms with E-state index in [0.29, 0.717) is 24.4 Å². The number of nitrogens with zero attached hydrogens (tertiary/aromatic N) is 4. The summed E-state index contributed by atoms with van der Waals surface area (Å²) in [7, 11) is 0. The van der Waals surface area contributed by atoms with Crippen molar-refractivity contribution in [1.82, 2.24) is 24.9 Å². The number of fused-ring (bicyclic) bond motifs is 4. The van der Waals surface area contributed by atoms with Crippen LogP contribution in [0.2, 0.25) is 0 Å². The lowest BCUT2D eigenvalue weighted by Crippen LogP contribution is -2.56. The van der Waals surface area contributed by atoms with E-state index >= 15 is 0 Å². The number of carboxylic acids is 1. The van der Waals surface area contributed by atoms with Crippen molar-refractivity contribution in [2.45, 2.75) is 82.9 Å². The van der Waals surface area contributed by atoms with Crippen LogP contribution >= 0.6 is 0 Å². The lowest BCUT2D eigenvalue weighted by atomic mass is 9.92. The first-order valence-electron chi connectivity index (χ1n) is 19.1. The summed E-state index contributed by atoms with van der Waals surface area (Å²) in [6, 6.07) is 19.8. The minimum absolute atomic E-state index is 0.116. The number of allylic oxidation sites excluding steroid dienone is 1. The van der Waals surface area contributed by atoms with Gasteiger partial charge in [-0.15, -0.1) is 0 Å². The SMILES string of the molecule is CC(C)(C)OC(=O)C[C@@H]1CCCCC/C=C\[C@@H]2C[C@@]2(C(=O)O)NC(=O)[C@@H]2[C@H]3CN(C(=O)c4cc(-c5ccccc5)nn4-c4ccccc4)C[C@H]3CN2C1=O. The van der Waals surface area contributed by atoms with Crippen LogP contribution in [0, 0.1) is 23.7 Å². The zero-order valence-corrected chi connectivity index (χ0v) is 31.1. The van der Waals surface area contributed by atoms with Gasteiger partial charge in [0.05, 0.1) is 17.8 Å². The number of likely N-dealkylation sites (tertiary alicyclic amines) is 1. The zero-order valence-electron chi connectivity index (χ0n) is 31.1. The number of nitrogens with one attached hydrogen (secondary N) is 1. The maximum atomic E-state index is 14.5. The molecular weight excluding hydrogens is 686 g/mol. The van der Waals surface area contributed by atoms with E-state index in [4.69, 9.17) is 9.84 Å². The van der Waals surface area contributed by atoms with Crippen LogP contribution in [0.4, 0.5) is 0 Å². The van der Waals surface area contributed by atoms with Gasteiger partial charge in [0.2, 0.25) is 11.8 Å². The average Bonchev–Trinajstić information content (AvgIpc) is 3.43. The number of carbonyl (C=O) groups is 5. The van der Waals surface area contributed by atoms with Crippen molar-refractivity contribution in [2.75, 3.05) is 19.6 Å². The molecule has 2 saturated heterocycles. The Bertz CT molecular complexity index is 1940. The highest BCUT2D eigenvalue weighted by Gasteiger charge is 2.62. The largest absolute Gasteiger partial charge is 0.479 e. The van der Waals surface area contributed by atoms with Gasteiger partial charge in [-0.3, -0.25) is 19.2 Å². The molecule has 284 valence electrons. The third kappa shape index (κ3) is 7.56. The highest BCUT2D eigenvalue weighted by molar-refractivity contribution is 5.97. The molecule has 0 unspecified atom stereocenters. The molecule has 2 aromatic carbocycles. The molecule has 0 bridgehead atoms. The van der Waals surface area contributed by atoms with Crippen LogP contribution in [-0.2, 0) is 23.9 Å². The Kier molecular flexibility index (Phi) is 10.2. The number of para-hydroxylation sites is 1. The summed E-state index contributed by atoms with van der Waals surface area (Å²) < 4.78 is 7.26. The van der Waals surface area contributed by atoms with E-state index in [-0.39, 0.29) is 49.6 Å². The second-order valence-electron chi connectivity index (χ2n) is 16.2. The van der Waals surface area contributed by atoms with Crippen LogP contribution in [0.5, 0.6) is 0 Å². The Labute approximate surface area is 315 Å². The number of benzene rings is 2. The number of ether oxygens (including phenoxy) is 1. The van der Waals surface area contributed by atoms with Crippen LogP contribution in [-0.4, -0.2) is 91.2 Å². The molecule has 12 heteroatoms. The van der Waals surface area contributed by atoms with E-state index in [0.717, 1.165) is 36.9 Å². The molecule has 1 aromatic heterocycles. The number of rotatable bonds is 6. The van der Waals surface area contributed by atoms with Crippen molar-refractivity contribution in [1.29, 1.82) is 0 Å². The van der Waals surface area contributed by atoms with Crippen LogP contribution in [0.25, 0.3) is 16.9 Å². The fourth-order valence-corrected chi connectivity index (χ4v) is 8.46. The summed E-state index contributed by atoms with van der Waals surface area (Å²) >= 11 is 0. The molecule has 7 rings (SSSR count). The van der Waals surface area contributed by atoms with Gasteiger partial charge in [-0.25, -0.2) is 9.48 Å². The minimum Gasteiger partial charge on any atom is -0.479 e. The molecule has 54 heavy (non-hydrogen) atoms. The number of hydrogen-bond acceptors (Lipinski definition) is 7. The van der Waals surface area contributed by atoms with Crippen molar-refractivity contribution in [3.63, 3.8) is 0 Å². The fourth-order valence-electron chi connectivity index (χ4n) is 8.46. The number of amides is 3. The van der Waals surface area contributed by atoms with Gasteiger partial charge in [-0.1, -0.05) is 73.5 Å². The summed E-state index contributed by atoms with van der Waals surface area (Å²) in [5, 5.41) is 18.0. The quantitative estimate of drug-likeness (QED) is 0.257. The average molecular weight is 736 g/mol. The van der Waals surface area contributed by atoms with Gasteiger partial charge in [0.25, 0.3) is 5.91 Å². The maximum Gasteiger partial charge on any atom is 0.330 e. The molecule has 3 aromatic rings. The van der Waals surface area contributed by atoms with Crippen LogP contribution < -0.4 is 5.32 Å². The Morgan fingerprint density at radius 3 is 2.39 bits per heavy atom. The van der Waals surface area contributed by atoms with Gasteiger partial charge in [-0.2, -0.15) is 5.10 Å². The molecule has 0 radical (unpaired) electrons. The first-order valence-corrected chi connectivity index (χ1v) is 19.1. The van der Waals surface area contributed by atoms with Gasteiger partial charge in [0.15, 0.2) is 0 Å². The second kappa shape index (κ2) is 14.9. The third-order valence-corrected chi connectivity index (χ3v) is 11.2. The van der Waals surface area contributed by atoms with Gasteiger partial charge < -0.3 is 25.0 Å². The highest BCUT2D eigenvalue weighted by atomic mass is 16.6. The van der Waals surface area contributed by atoms with Crippen molar-refractivity contribution in [3.8, 4) is 16.9 Å². The Balaban J connectivity index is 1.20. The van der Waals surface area contributed by atoms with E-state index in [2.05, 4.69) is 5.32 Å². The van der Waals surface area contributed by atoms with Gasteiger partial charge in [0, 0.05) is 48.9 Å². The minimum atomic E-state index is -1.46. The zero-order chi connectivity index (χ0) is 38.2. The molecule has 6 atom stereocenters. The van der Waals surface area contributed by atoms with Crippen LogP contribution in [0.3, 0.4) is 0 Å². The first-order chi connectivity index (χ1) is 25.8. The molecule has 1 aliphatic carbocycles. The number of aromatic nitrogens is 2. The third-order valence-electron chi connectivity index (χ3n) is 11.2. The molecule has 3 fully saturated rings. The van der Waals surface area contributed by atoms with Crippen molar-refractivity contribution >= 4 is 29.7 Å². The van der Waals surface area contributed by atoms with Gasteiger partial charge >= 0.3 is 11.9 Å². The van der Waals surface area contributed by atoms with Crippen LogP contribution in [0.1, 0.15) is 76.2 Å². The molecule has 12 nitrogen and oxygen atoms in total. The van der Waals surface area contributed by atoms with Gasteiger partial charge in [0.1, 0.15) is 22.9 Å². The number of hydrogen-bond donors (Lipinski definition) is 2. The lowest BCUT2D eigenvalue weighted by molar-refractivity contribution is -0.159. The van der Waals surface area contributed by atoms with E-state index in [9.17, 15) is 29.1 Å². The maximum absolute atomic E-state index is 14.5.